The van der Waals surface area contributed by atoms with Gasteiger partial charge in [-0.3, -0.25) is 0 Å². The summed E-state index contributed by atoms with van der Waals surface area (Å²) in [4.78, 5) is 9.65. The molecule has 3 rings (SSSR count). The van der Waals surface area contributed by atoms with Crippen molar-refractivity contribution < 1.29 is 4.74 Å². The maximum atomic E-state index is 6.15. The fraction of sp³-hybridized carbons (Fsp3) is 0.200. The highest BCUT2D eigenvalue weighted by atomic mass is 35.5. The van der Waals surface area contributed by atoms with E-state index in [0.29, 0.717) is 17.6 Å². The first-order valence-corrected chi connectivity index (χ1v) is 7.49. The Morgan fingerprint density at radius 3 is 2.65 bits per heavy atom. The van der Waals surface area contributed by atoms with Gasteiger partial charge < -0.3 is 4.74 Å². The molecule has 20 heavy (non-hydrogen) atoms. The van der Waals surface area contributed by atoms with Gasteiger partial charge in [0.2, 0.25) is 0 Å². The molecule has 0 saturated heterocycles. The molecule has 0 fully saturated rings. The molecule has 3 aromatic rings. The van der Waals surface area contributed by atoms with Crippen LogP contribution in [0.2, 0.25) is 5.15 Å². The molecule has 0 radical (unpaired) electrons. The van der Waals surface area contributed by atoms with Crippen molar-refractivity contribution in [2.24, 2.45) is 0 Å². The Morgan fingerprint density at radius 2 is 1.90 bits per heavy atom. The molecular formula is C15H13ClN2OS. The minimum absolute atomic E-state index is 0.319. The number of ether oxygens (including phenoxy) is 1. The number of benzene rings is 1. The largest absolute Gasteiger partial charge is 0.485 e. The van der Waals surface area contributed by atoms with E-state index in [2.05, 4.69) is 9.97 Å². The highest BCUT2D eigenvalue weighted by Crippen LogP contribution is 2.26. The summed E-state index contributed by atoms with van der Waals surface area (Å²) in [5, 5.41) is 3.34. The summed E-state index contributed by atoms with van der Waals surface area (Å²) in [6, 6.07) is 8.00. The third-order valence-corrected chi connectivity index (χ3v) is 4.17. The number of para-hydroxylation sites is 1. The van der Waals surface area contributed by atoms with Crippen LogP contribution >= 0.6 is 22.9 Å². The predicted molar refractivity (Wildman–Crippen MR) is 82.7 cm³/mol. The normalized spacial score (nSPS) is 10.9. The minimum Gasteiger partial charge on any atom is -0.485 e. The van der Waals surface area contributed by atoms with E-state index in [1.165, 1.54) is 0 Å². The van der Waals surface area contributed by atoms with E-state index < -0.39 is 0 Å². The standard InChI is InChI=1S/C15H13ClN2OS/c1-9-4-3-5-10(2)13(9)19-8-12-17-14(16)11-6-7-20-15(11)18-12/h3-7H,8H2,1-2H3. The highest BCUT2D eigenvalue weighted by molar-refractivity contribution is 7.16. The summed E-state index contributed by atoms with van der Waals surface area (Å²) in [5.41, 5.74) is 2.21. The van der Waals surface area contributed by atoms with Gasteiger partial charge in [0.15, 0.2) is 5.82 Å². The lowest BCUT2D eigenvalue weighted by molar-refractivity contribution is 0.292. The van der Waals surface area contributed by atoms with Crippen LogP contribution in [0.1, 0.15) is 17.0 Å². The van der Waals surface area contributed by atoms with Gasteiger partial charge in [0.05, 0.1) is 0 Å². The quantitative estimate of drug-likeness (QED) is 0.666. The molecule has 0 unspecified atom stereocenters. The van der Waals surface area contributed by atoms with Crippen LogP contribution in [0.15, 0.2) is 29.6 Å². The Bertz CT molecular complexity index is 749. The second-order valence-corrected chi connectivity index (χ2v) is 5.83. The van der Waals surface area contributed by atoms with Gasteiger partial charge in [-0.25, -0.2) is 9.97 Å². The average Bonchev–Trinajstić information content (AvgIpc) is 2.87. The first-order valence-electron chi connectivity index (χ1n) is 6.24. The molecule has 0 atom stereocenters. The molecule has 102 valence electrons. The van der Waals surface area contributed by atoms with Gasteiger partial charge in [-0.2, -0.15) is 0 Å². The van der Waals surface area contributed by atoms with Crippen molar-refractivity contribution in [2.75, 3.05) is 0 Å². The molecule has 5 heteroatoms. The maximum absolute atomic E-state index is 6.15. The third-order valence-electron chi connectivity index (χ3n) is 3.08. The van der Waals surface area contributed by atoms with Crippen LogP contribution in [-0.4, -0.2) is 9.97 Å². The lowest BCUT2D eigenvalue weighted by Gasteiger charge is -2.11. The molecule has 0 aliphatic rings. The Morgan fingerprint density at radius 1 is 1.15 bits per heavy atom. The summed E-state index contributed by atoms with van der Waals surface area (Å²) in [7, 11) is 0. The van der Waals surface area contributed by atoms with Gasteiger partial charge in [0, 0.05) is 5.39 Å². The number of rotatable bonds is 3. The molecule has 0 aliphatic carbocycles. The number of aromatic nitrogens is 2. The van der Waals surface area contributed by atoms with Crippen molar-refractivity contribution in [1.82, 2.24) is 9.97 Å². The minimum atomic E-state index is 0.319. The van der Waals surface area contributed by atoms with E-state index >= 15 is 0 Å². The molecule has 3 nitrogen and oxygen atoms in total. The van der Waals surface area contributed by atoms with Crippen LogP contribution in [0, 0.1) is 13.8 Å². The van der Waals surface area contributed by atoms with Gasteiger partial charge >= 0.3 is 0 Å². The van der Waals surface area contributed by atoms with Crippen LogP contribution in [0.4, 0.5) is 0 Å². The highest BCUT2D eigenvalue weighted by Gasteiger charge is 2.09. The third kappa shape index (κ3) is 2.49. The molecular weight excluding hydrogens is 292 g/mol. The summed E-state index contributed by atoms with van der Waals surface area (Å²) in [5.74, 6) is 1.49. The van der Waals surface area contributed by atoms with E-state index in [-0.39, 0.29) is 0 Å². The van der Waals surface area contributed by atoms with Crippen LogP contribution < -0.4 is 4.74 Å². The fourth-order valence-corrected chi connectivity index (χ4v) is 3.18. The smallest absolute Gasteiger partial charge is 0.169 e. The van der Waals surface area contributed by atoms with Gasteiger partial charge in [0.1, 0.15) is 22.3 Å². The van der Waals surface area contributed by atoms with Crippen molar-refractivity contribution in [1.29, 1.82) is 0 Å². The molecule has 0 aliphatic heterocycles. The zero-order valence-corrected chi connectivity index (χ0v) is 12.8. The number of nitrogens with zero attached hydrogens (tertiary/aromatic N) is 2. The summed E-state index contributed by atoms with van der Waals surface area (Å²) in [6.07, 6.45) is 0. The van der Waals surface area contributed by atoms with Crippen molar-refractivity contribution in [3.05, 3.63) is 51.7 Å². The Hall–Kier alpha value is -1.65. The topological polar surface area (TPSA) is 35.0 Å². The molecule has 1 aromatic carbocycles. The van der Waals surface area contributed by atoms with Gasteiger partial charge in [0.25, 0.3) is 0 Å². The number of aryl methyl sites for hydroxylation is 2. The fourth-order valence-electron chi connectivity index (χ4n) is 2.09. The predicted octanol–water partition coefficient (Wildman–Crippen LogP) is 4.54. The summed E-state index contributed by atoms with van der Waals surface area (Å²) < 4.78 is 5.86. The molecule has 0 bridgehead atoms. The molecule has 2 aromatic heterocycles. The molecule has 0 amide bonds. The van der Waals surface area contributed by atoms with E-state index in [0.717, 1.165) is 27.1 Å². The lowest BCUT2D eigenvalue weighted by atomic mass is 10.1. The summed E-state index contributed by atoms with van der Waals surface area (Å²) >= 11 is 7.70. The van der Waals surface area contributed by atoms with Crippen LogP contribution in [0.25, 0.3) is 10.2 Å². The monoisotopic (exact) mass is 304 g/mol. The van der Waals surface area contributed by atoms with E-state index in [4.69, 9.17) is 16.3 Å². The van der Waals surface area contributed by atoms with Crippen molar-refractivity contribution in [3.8, 4) is 5.75 Å². The van der Waals surface area contributed by atoms with Gasteiger partial charge in [-0.15, -0.1) is 11.3 Å². The Balaban J connectivity index is 1.87. The Kier molecular flexibility index (Phi) is 3.59. The number of hydrogen-bond acceptors (Lipinski definition) is 4. The molecule has 2 heterocycles. The van der Waals surface area contributed by atoms with Crippen molar-refractivity contribution in [3.63, 3.8) is 0 Å². The molecule has 0 N–H and O–H groups in total. The Labute approximate surface area is 126 Å². The van der Waals surface area contributed by atoms with E-state index in [1.807, 2.05) is 43.5 Å². The number of hydrogen-bond donors (Lipinski definition) is 0. The average molecular weight is 305 g/mol. The SMILES string of the molecule is Cc1cccc(C)c1OCc1nc(Cl)c2ccsc2n1. The van der Waals surface area contributed by atoms with Crippen LogP contribution in [-0.2, 0) is 6.61 Å². The number of fused-ring (bicyclic) bond motifs is 1. The van der Waals surface area contributed by atoms with Crippen molar-refractivity contribution in [2.45, 2.75) is 20.5 Å². The molecule has 0 saturated carbocycles. The maximum Gasteiger partial charge on any atom is 0.169 e. The number of halogens is 1. The molecule has 0 spiro atoms. The second-order valence-electron chi connectivity index (χ2n) is 4.58. The zero-order valence-electron chi connectivity index (χ0n) is 11.2. The van der Waals surface area contributed by atoms with Gasteiger partial charge in [-0.05, 0) is 36.4 Å². The lowest BCUT2D eigenvalue weighted by Crippen LogP contribution is -2.03. The number of thiophene rings is 1. The second kappa shape index (κ2) is 5.38. The van der Waals surface area contributed by atoms with Gasteiger partial charge in [-0.1, -0.05) is 29.8 Å². The first-order chi connectivity index (χ1) is 9.65. The van der Waals surface area contributed by atoms with Crippen LogP contribution in [0.3, 0.4) is 0 Å². The van der Waals surface area contributed by atoms with E-state index in [9.17, 15) is 0 Å². The first kappa shape index (κ1) is 13.3. The zero-order chi connectivity index (χ0) is 14.1. The van der Waals surface area contributed by atoms with Crippen molar-refractivity contribution >= 4 is 33.2 Å². The van der Waals surface area contributed by atoms with Crippen LogP contribution in [0.5, 0.6) is 5.75 Å². The summed E-state index contributed by atoms with van der Waals surface area (Å²) in [6.45, 7) is 4.37. The van der Waals surface area contributed by atoms with E-state index in [1.54, 1.807) is 11.3 Å².